The van der Waals surface area contributed by atoms with Gasteiger partial charge in [0.15, 0.2) is 5.82 Å². The second kappa shape index (κ2) is 8.83. The van der Waals surface area contributed by atoms with E-state index in [0.717, 1.165) is 13.1 Å². The summed E-state index contributed by atoms with van der Waals surface area (Å²) < 4.78 is 6.15. The Morgan fingerprint density at radius 2 is 1.90 bits per heavy atom. The van der Waals surface area contributed by atoms with Crippen LogP contribution in [0, 0.1) is 6.92 Å². The average molecular weight is 413 g/mol. The van der Waals surface area contributed by atoms with Crippen LogP contribution in [0.15, 0.2) is 33.7 Å². The molecule has 1 saturated carbocycles. The molecule has 2 aromatic heterocycles. The number of piperazine rings is 1. The number of rotatable bonds is 5. The molecule has 9 heteroatoms. The molecule has 0 radical (unpaired) electrons. The summed E-state index contributed by atoms with van der Waals surface area (Å²) in [4.78, 5) is 41.7. The van der Waals surface area contributed by atoms with Crippen molar-refractivity contribution in [1.29, 1.82) is 0 Å². The second-order valence-corrected chi connectivity index (χ2v) is 8.02. The van der Waals surface area contributed by atoms with Gasteiger partial charge in [-0.05, 0) is 25.8 Å². The zero-order valence-electron chi connectivity index (χ0n) is 17.2. The molecule has 0 aromatic carbocycles. The normalized spacial score (nSPS) is 18.0. The molecule has 2 aliphatic rings. The lowest BCUT2D eigenvalue weighted by atomic mass is 10.1. The molecule has 160 valence electrons. The third-order valence-corrected chi connectivity index (χ3v) is 5.88. The lowest BCUT2D eigenvalue weighted by Gasteiger charge is -2.38. The van der Waals surface area contributed by atoms with Crippen molar-refractivity contribution < 1.29 is 14.1 Å². The van der Waals surface area contributed by atoms with E-state index in [4.69, 9.17) is 4.52 Å². The first-order valence-electron chi connectivity index (χ1n) is 10.5. The van der Waals surface area contributed by atoms with E-state index in [0.29, 0.717) is 30.5 Å². The summed E-state index contributed by atoms with van der Waals surface area (Å²) >= 11 is 0. The zero-order chi connectivity index (χ0) is 21.1. The molecule has 1 aliphatic heterocycles. The van der Waals surface area contributed by atoms with E-state index in [9.17, 15) is 14.4 Å². The number of aryl methyl sites for hydroxylation is 1. The van der Waals surface area contributed by atoms with Crippen molar-refractivity contribution >= 4 is 17.6 Å². The number of amides is 2. The first kappa shape index (κ1) is 20.3. The molecule has 2 aromatic rings. The SMILES string of the molecule is Cc1cc(NC(=O)Cn2cc(C(=O)N3CCN(C4CCCC4)CC3)ccc2=O)no1. The number of nitrogens with one attached hydrogen (secondary N) is 1. The number of anilines is 1. The predicted molar refractivity (Wildman–Crippen MR) is 110 cm³/mol. The Balaban J connectivity index is 1.38. The van der Waals surface area contributed by atoms with E-state index < -0.39 is 5.91 Å². The van der Waals surface area contributed by atoms with Crippen LogP contribution in [0.5, 0.6) is 0 Å². The fourth-order valence-electron chi connectivity index (χ4n) is 4.29. The Hall–Kier alpha value is -2.94. The summed E-state index contributed by atoms with van der Waals surface area (Å²) in [6.07, 6.45) is 6.58. The molecule has 0 bridgehead atoms. The lowest BCUT2D eigenvalue weighted by Crippen LogP contribution is -2.51. The Bertz CT molecular complexity index is 968. The van der Waals surface area contributed by atoms with Crippen LogP contribution >= 0.6 is 0 Å². The number of hydrogen-bond acceptors (Lipinski definition) is 6. The molecule has 30 heavy (non-hydrogen) atoms. The Kier molecular flexibility index (Phi) is 5.98. The van der Waals surface area contributed by atoms with Gasteiger partial charge in [-0.1, -0.05) is 18.0 Å². The van der Waals surface area contributed by atoms with Gasteiger partial charge in [0.05, 0.1) is 5.56 Å². The Morgan fingerprint density at radius 1 is 1.17 bits per heavy atom. The standard InChI is InChI=1S/C21H27N5O4/c1-15-12-18(23-30-15)22-19(27)14-26-13-16(6-7-20(26)28)21(29)25-10-8-24(9-11-25)17-4-2-3-5-17/h6-7,12-13,17H,2-5,8-11,14H2,1H3,(H,22,23,27). The number of carbonyl (C=O) groups is 2. The van der Waals surface area contributed by atoms with Crippen molar-refractivity contribution in [2.24, 2.45) is 0 Å². The summed E-state index contributed by atoms with van der Waals surface area (Å²) in [6.45, 7) is 4.64. The van der Waals surface area contributed by atoms with Gasteiger partial charge in [0, 0.05) is 50.6 Å². The smallest absolute Gasteiger partial charge is 0.255 e. The molecule has 3 heterocycles. The molecule has 1 saturated heterocycles. The maximum absolute atomic E-state index is 12.9. The fraction of sp³-hybridized carbons (Fsp3) is 0.524. The summed E-state index contributed by atoms with van der Waals surface area (Å²) in [7, 11) is 0. The van der Waals surface area contributed by atoms with E-state index in [2.05, 4.69) is 15.4 Å². The second-order valence-electron chi connectivity index (χ2n) is 8.02. The van der Waals surface area contributed by atoms with Gasteiger partial charge < -0.3 is 19.3 Å². The first-order valence-corrected chi connectivity index (χ1v) is 10.5. The molecule has 0 unspecified atom stereocenters. The van der Waals surface area contributed by atoms with Crippen molar-refractivity contribution in [2.45, 2.75) is 45.2 Å². The summed E-state index contributed by atoms with van der Waals surface area (Å²) in [5, 5.41) is 6.28. The molecule has 9 nitrogen and oxygen atoms in total. The number of pyridine rings is 1. The minimum atomic E-state index is -0.417. The number of hydrogen-bond donors (Lipinski definition) is 1. The van der Waals surface area contributed by atoms with Crippen LogP contribution < -0.4 is 10.9 Å². The lowest BCUT2D eigenvalue weighted by molar-refractivity contribution is -0.116. The Labute approximate surface area is 174 Å². The van der Waals surface area contributed by atoms with Gasteiger partial charge >= 0.3 is 0 Å². The highest BCUT2D eigenvalue weighted by atomic mass is 16.5. The van der Waals surface area contributed by atoms with Gasteiger partial charge in [0.2, 0.25) is 5.91 Å². The molecule has 2 fully saturated rings. The van der Waals surface area contributed by atoms with E-state index in [1.54, 1.807) is 13.0 Å². The minimum Gasteiger partial charge on any atom is -0.360 e. The van der Waals surface area contributed by atoms with Crippen LogP contribution in [-0.2, 0) is 11.3 Å². The average Bonchev–Trinajstić information content (AvgIpc) is 3.41. The van der Waals surface area contributed by atoms with Crippen LogP contribution in [-0.4, -0.2) is 63.6 Å². The van der Waals surface area contributed by atoms with Gasteiger partial charge in [-0.3, -0.25) is 19.3 Å². The largest absolute Gasteiger partial charge is 0.360 e. The number of carbonyl (C=O) groups excluding carboxylic acids is 2. The van der Waals surface area contributed by atoms with Gasteiger partial charge in [-0.15, -0.1) is 0 Å². The molecule has 4 rings (SSSR count). The van der Waals surface area contributed by atoms with Crippen LogP contribution in [0.2, 0.25) is 0 Å². The summed E-state index contributed by atoms with van der Waals surface area (Å²) in [6, 6.07) is 5.11. The van der Waals surface area contributed by atoms with Crippen molar-refractivity contribution in [2.75, 3.05) is 31.5 Å². The van der Waals surface area contributed by atoms with Crippen LogP contribution in [0.3, 0.4) is 0 Å². The summed E-state index contributed by atoms with van der Waals surface area (Å²) in [5.41, 5.74) is 0.0677. The molecular weight excluding hydrogens is 386 g/mol. The van der Waals surface area contributed by atoms with Gasteiger partial charge in [-0.25, -0.2) is 0 Å². The number of aromatic nitrogens is 2. The van der Waals surface area contributed by atoms with Gasteiger partial charge in [0.25, 0.3) is 11.5 Å². The highest BCUT2D eigenvalue weighted by Crippen LogP contribution is 2.24. The van der Waals surface area contributed by atoms with Crippen molar-refractivity contribution in [1.82, 2.24) is 19.5 Å². The molecule has 0 atom stereocenters. The van der Waals surface area contributed by atoms with Crippen molar-refractivity contribution in [3.63, 3.8) is 0 Å². The quantitative estimate of drug-likeness (QED) is 0.797. The monoisotopic (exact) mass is 413 g/mol. The Morgan fingerprint density at radius 3 is 2.57 bits per heavy atom. The van der Waals surface area contributed by atoms with Crippen LogP contribution in [0.25, 0.3) is 0 Å². The van der Waals surface area contributed by atoms with Gasteiger partial charge in [-0.2, -0.15) is 0 Å². The van der Waals surface area contributed by atoms with Gasteiger partial charge in [0.1, 0.15) is 12.3 Å². The third-order valence-electron chi connectivity index (χ3n) is 5.88. The first-order chi connectivity index (χ1) is 14.5. The minimum absolute atomic E-state index is 0.109. The fourth-order valence-corrected chi connectivity index (χ4v) is 4.29. The third kappa shape index (κ3) is 4.62. The van der Waals surface area contributed by atoms with Crippen LogP contribution in [0.4, 0.5) is 5.82 Å². The maximum atomic E-state index is 12.9. The molecule has 1 N–H and O–H groups in total. The molecular formula is C21H27N5O4. The van der Waals surface area contributed by atoms with Crippen LogP contribution in [0.1, 0.15) is 41.8 Å². The topological polar surface area (TPSA) is 101 Å². The van der Waals surface area contributed by atoms with Crippen molar-refractivity contribution in [3.05, 3.63) is 46.1 Å². The van der Waals surface area contributed by atoms with E-state index >= 15 is 0 Å². The predicted octanol–water partition coefficient (Wildman–Crippen LogP) is 1.48. The zero-order valence-corrected chi connectivity index (χ0v) is 17.2. The maximum Gasteiger partial charge on any atom is 0.255 e. The number of nitrogens with zero attached hydrogens (tertiary/aromatic N) is 4. The van der Waals surface area contributed by atoms with E-state index in [1.165, 1.54) is 48.6 Å². The highest BCUT2D eigenvalue weighted by molar-refractivity contribution is 5.94. The molecule has 2 amide bonds. The van der Waals surface area contributed by atoms with E-state index in [1.807, 2.05) is 4.90 Å². The summed E-state index contributed by atoms with van der Waals surface area (Å²) in [5.74, 6) is 0.337. The molecule has 0 spiro atoms. The molecule has 1 aliphatic carbocycles. The van der Waals surface area contributed by atoms with E-state index in [-0.39, 0.29) is 23.8 Å². The highest BCUT2D eigenvalue weighted by Gasteiger charge is 2.28. The van der Waals surface area contributed by atoms with Crippen molar-refractivity contribution in [3.8, 4) is 0 Å².